The Morgan fingerprint density at radius 1 is 0.957 bits per heavy atom. The Kier molecular flexibility index (Phi) is 3.16. The first-order valence-corrected chi connectivity index (χ1v) is 9.30. The molecule has 0 aromatic heterocycles. The van der Waals surface area contributed by atoms with Crippen LogP contribution in [-0.4, -0.2) is 14.2 Å². The molecule has 0 spiro atoms. The molecule has 1 heterocycles. The fourth-order valence-corrected chi connectivity index (χ4v) is 4.36. The molecule has 1 N–H and O–H groups in total. The van der Waals surface area contributed by atoms with Gasteiger partial charge >= 0.3 is 0 Å². The molecule has 4 heteroatoms. The first-order chi connectivity index (χ1) is 11.0. The van der Waals surface area contributed by atoms with Gasteiger partial charge in [-0.25, -0.2) is 8.42 Å². The van der Waals surface area contributed by atoms with Gasteiger partial charge in [0.2, 0.25) is 10.0 Å². The van der Waals surface area contributed by atoms with Crippen molar-refractivity contribution in [1.82, 2.24) is 0 Å². The molecule has 0 radical (unpaired) electrons. The zero-order chi connectivity index (χ0) is 16.0. The molecule has 4 rings (SSSR count). The van der Waals surface area contributed by atoms with Gasteiger partial charge in [-0.2, -0.15) is 0 Å². The van der Waals surface area contributed by atoms with Gasteiger partial charge in [0.1, 0.15) is 0 Å². The first-order valence-electron chi connectivity index (χ1n) is 7.65. The van der Waals surface area contributed by atoms with Gasteiger partial charge in [0.05, 0.1) is 11.4 Å². The second-order valence-electron chi connectivity index (χ2n) is 6.08. The SMILES string of the molecule is Cc1cc2c(c(-c3ccc4ccccc4c3)c1)NS(=O)(=O)CC2. The summed E-state index contributed by atoms with van der Waals surface area (Å²) in [7, 11) is -3.23. The van der Waals surface area contributed by atoms with E-state index in [1.807, 2.05) is 19.1 Å². The van der Waals surface area contributed by atoms with Gasteiger partial charge in [0, 0.05) is 5.56 Å². The molecule has 3 aromatic carbocycles. The summed E-state index contributed by atoms with van der Waals surface area (Å²) >= 11 is 0. The monoisotopic (exact) mass is 323 g/mol. The largest absolute Gasteiger partial charge is 0.283 e. The van der Waals surface area contributed by atoms with Crippen LogP contribution in [0.25, 0.3) is 21.9 Å². The molecular weight excluding hydrogens is 306 g/mol. The number of aryl methyl sites for hydroxylation is 2. The average Bonchev–Trinajstić information content (AvgIpc) is 2.54. The van der Waals surface area contributed by atoms with E-state index >= 15 is 0 Å². The van der Waals surface area contributed by atoms with Gasteiger partial charge in [-0.05, 0) is 47.4 Å². The molecule has 3 nitrogen and oxygen atoms in total. The van der Waals surface area contributed by atoms with Crippen molar-refractivity contribution in [2.24, 2.45) is 0 Å². The quantitative estimate of drug-likeness (QED) is 0.732. The van der Waals surface area contributed by atoms with Gasteiger partial charge in [-0.3, -0.25) is 4.72 Å². The van der Waals surface area contributed by atoms with Crippen molar-refractivity contribution < 1.29 is 8.42 Å². The Balaban J connectivity index is 1.95. The minimum absolute atomic E-state index is 0.153. The van der Waals surface area contributed by atoms with Crippen LogP contribution in [0.3, 0.4) is 0 Å². The second-order valence-corrected chi connectivity index (χ2v) is 7.92. The van der Waals surface area contributed by atoms with Crippen LogP contribution in [0.1, 0.15) is 11.1 Å². The number of hydrogen-bond donors (Lipinski definition) is 1. The average molecular weight is 323 g/mol. The smallest absolute Gasteiger partial charge is 0.233 e. The van der Waals surface area contributed by atoms with Crippen LogP contribution in [0.15, 0.2) is 54.6 Å². The van der Waals surface area contributed by atoms with E-state index in [2.05, 4.69) is 47.2 Å². The minimum atomic E-state index is -3.23. The van der Waals surface area contributed by atoms with E-state index in [0.29, 0.717) is 6.42 Å². The van der Waals surface area contributed by atoms with Crippen LogP contribution >= 0.6 is 0 Å². The number of hydrogen-bond acceptors (Lipinski definition) is 2. The van der Waals surface area contributed by atoms with Crippen molar-refractivity contribution in [2.75, 3.05) is 10.5 Å². The molecule has 1 aliphatic rings. The Morgan fingerprint density at radius 2 is 1.74 bits per heavy atom. The zero-order valence-electron chi connectivity index (χ0n) is 12.8. The molecule has 1 aliphatic heterocycles. The lowest BCUT2D eigenvalue weighted by atomic mass is 9.95. The highest BCUT2D eigenvalue weighted by Crippen LogP contribution is 2.37. The van der Waals surface area contributed by atoms with Crippen molar-refractivity contribution in [1.29, 1.82) is 0 Å². The van der Waals surface area contributed by atoms with Gasteiger partial charge < -0.3 is 0 Å². The van der Waals surface area contributed by atoms with Crippen molar-refractivity contribution >= 4 is 26.5 Å². The third kappa shape index (κ3) is 2.59. The minimum Gasteiger partial charge on any atom is -0.283 e. The van der Waals surface area contributed by atoms with Crippen LogP contribution in [0, 0.1) is 6.92 Å². The molecular formula is C19H17NO2S. The summed E-state index contributed by atoms with van der Waals surface area (Å²) < 4.78 is 26.7. The molecule has 3 aromatic rings. The molecule has 0 fully saturated rings. The number of sulfonamides is 1. The molecule has 116 valence electrons. The topological polar surface area (TPSA) is 46.2 Å². The lowest BCUT2D eigenvalue weighted by molar-refractivity contribution is 0.599. The number of fused-ring (bicyclic) bond motifs is 2. The number of benzene rings is 3. The highest BCUT2D eigenvalue weighted by atomic mass is 32.2. The van der Waals surface area contributed by atoms with Gasteiger partial charge in [-0.15, -0.1) is 0 Å². The second kappa shape index (κ2) is 5.10. The van der Waals surface area contributed by atoms with Crippen molar-refractivity contribution in [3.63, 3.8) is 0 Å². The van der Waals surface area contributed by atoms with E-state index in [0.717, 1.165) is 33.3 Å². The summed E-state index contributed by atoms with van der Waals surface area (Å²) in [4.78, 5) is 0. The fourth-order valence-electron chi connectivity index (χ4n) is 3.21. The standard InChI is InChI=1S/C19H17NO2S/c1-13-10-17-8-9-23(21,22)20-19(17)18(11-13)16-7-6-14-4-2-3-5-15(14)12-16/h2-7,10-12,20H,8-9H2,1H3. The van der Waals surface area contributed by atoms with E-state index < -0.39 is 10.0 Å². The van der Waals surface area contributed by atoms with Crippen LogP contribution in [0.5, 0.6) is 0 Å². The molecule has 0 unspecified atom stereocenters. The van der Waals surface area contributed by atoms with Crippen molar-refractivity contribution in [2.45, 2.75) is 13.3 Å². The van der Waals surface area contributed by atoms with E-state index in [1.165, 1.54) is 5.39 Å². The maximum Gasteiger partial charge on any atom is 0.233 e. The summed E-state index contributed by atoms with van der Waals surface area (Å²) in [5.74, 6) is 0.153. The molecule has 0 amide bonds. The third-order valence-corrected chi connectivity index (χ3v) is 5.58. The van der Waals surface area contributed by atoms with Crippen molar-refractivity contribution in [3.8, 4) is 11.1 Å². The summed E-state index contributed by atoms with van der Waals surface area (Å²) in [6.07, 6.45) is 0.562. The third-order valence-electron chi connectivity index (χ3n) is 4.32. The van der Waals surface area contributed by atoms with E-state index in [-0.39, 0.29) is 5.75 Å². The highest BCUT2D eigenvalue weighted by molar-refractivity contribution is 7.92. The van der Waals surface area contributed by atoms with Gasteiger partial charge in [0.15, 0.2) is 0 Å². The molecule has 0 aliphatic carbocycles. The van der Waals surface area contributed by atoms with E-state index in [9.17, 15) is 8.42 Å². The lowest BCUT2D eigenvalue weighted by Gasteiger charge is -2.22. The maximum absolute atomic E-state index is 12.0. The molecule has 0 saturated heterocycles. The number of nitrogens with one attached hydrogen (secondary N) is 1. The van der Waals surface area contributed by atoms with Gasteiger partial charge in [-0.1, -0.05) is 48.0 Å². The van der Waals surface area contributed by atoms with Crippen LogP contribution in [0.4, 0.5) is 5.69 Å². The van der Waals surface area contributed by atoms with Crippen molar-refractivity contribution in [3.05, 3.63) is 65.7 Å². The molecule has 0 bridgehead atoms. The number of rotatable bonds is 1. The van der Waals surface area contributed by atoms with E-state index in [1.54, 1.807) is 0 Å². The van der Waals surface area contributed by atoms with Crippen LogP contribution in [-0.2, 0) is 16.4 Å². The number of anilines is 1. The maximum atomic E-state index is 12.0. The predicted octanol–water partition coefficient (Wildman–Crippen LogP) is 4.11. The fraction of sp³-hybridized carbons (Fsp3) is 0.158. The molecule has 0 saturated carbocycles. The van der Waals surface area contributed by atoms with Gasteiger partial charge in [0.25, 0.3) is 0 Å². The predicted molar refractivity (Wildman–Crippen MR) is 95.2 cm³/mol. The Hall–Kier alpha value is -2.33. The first kappa shape index (κ1) is 14.3. The van der Waals surface area contributed by atoms with E-state index in [4.69, 9.17) is 0 Å². The summed E-state index contributed by atoms with van der Waals surface area (Å²) in [5.41, 5.74) is 4.94. The summed E-state index contributed by atoms with van der Waals surface area (Å²) in [6, 6.07) is 18.6. The lowest BCUT2D eigenvalue weighted by Crippen LogP contribution is -2.24. The van der Waals surface area contributed by atoms with Crippen LogP contribution in [0.2, 0.25) is 0 Å². The Morgan fingerprint density at radius 3 is 2.57 bits per heavy atom. The Bertz CT molecular complexity index is 1020. The normalized spacial score (nSPS) is 15.9. The molecule has 0 atom stereocenters. The zero-order valence-corrected chi connectivity index (χ0v) is 13.7. The highest BCUT2D eigenvalue weighted by Gasteiger charge is 2.23. The molecule has 23 heavy (non-hydrogen) atoms. The summed E-state index contributed by atoms with van der Waals surface area (Å²) in [6.45, 7) is 2.05. The van der Waals surface area contributed by atoms with Crippen LogP contribution < -0.4 is 4.72 Å². The Labute approximate surface area is 136 Å². The summed E-state index contributed by atoms with van der Waals surface area (Å²) in [5, 5.41) is 2.33.